The van der Waals surface area contributed by atoms with E-state index in [1.807, 2.05) is 0 Å². The zero-order valence-corrected chi connectivity index (χ0v) is 12.9. The van der Waals surface area contributed by atoms with Gasteiger partial charge in [0.2, 0.25) is 0 Å². The largest absolute Gasteiger partial charge is 0.376 e. The fraction of sp³-hybridized carbons (Fsp3) is 1.00. The average molecular weight is 273 g/mol. The summed E-state index contributed by atoms with van der Waals surface area (Å²) in [4.78, 5) is 0. The van der Waals surface area contributed by atoms with Crippen molar-refractivity contribution >= 4 is 0 Å². The first-order valence-corrected chi connectivity index (χ1v) is 7.70. The van der Waals surface area contributed by atoms with Gasteiger partial charge in [0.25, 0.3) is 0 Å². The van der Waals surface area contributed by atoms with Gasteiger partial charge in [-0.15, -0.1) is 0 Å². The highest BCUT2D eigenvalue weighted by Crippen LogP contribution is 2.21. The Morgan fingerprint density at radius 1 is 1.16 bits per heavy atom. The van der Waals surface area contributed by atoms with E-state index in [9.17, 15) is 0 Å². The third kappa shape index (κ3) is 7.88. The molecule has 1 heterocycles. The van der Waals surface area contributed by atoms with Crippen LogP contribution in [0.1, 0.15) is 46.5 Å². The van der Waals surface area contributed by atoms with Gasteiger partial charge >= 0.3 is 0 Å². The number of ether oxygens (including phenoxy) is 3. The summed E-state index contributed by atoms with van der Waals surface area (Å²) in [5.41, 5.74) is 0.0395. The van der Waals surface area contributed by atoms with Crippen molar-refractivity contribution in [2.24, 2.45) is 0 Å². The highest BCUT2D eigenvalue weighted by molar-refractivity contribution is 4.81. The minimum atomic E-state index is 0.0395. The molecule has 0 aromatic heterocycles. The first kappa shape index (κ1) is 16.9. The molecule has 0 spiro atoms. The maximum Gasteiger partial charge on any atom is 0.0780 e. The predicted molar refractivity (Wildman–Crippen MR) is 77.6 cm³/mol. The average Bonchev–Trinajstić information content (AvgIpc) is 2.39. The zero-order valence-electron chi connectivity index (χ0n) is 12.9. The molecule has 0 amide bonds. The van der Waals surface area contributed by atoms with Gasteiger partial charge in [-0.1, -0.05) is 13.3 Å². The molecule has 1 atom stereocenters. The molecule has 0 unspecified atom stereocenters. The zero-order chi connectivity index (χ0) is 14.0. The molecule has 0 aromatic rings. The first-order valence-electron chi connectivity index (χ1n) is 7.70. The third-order valence-electron chi connectivity index (χ3n) is 3.59. The van der Waals surface area contributed by atoms with Gasteiger partial charge in [-0.25, -0.2) is 0 Å². The molecule has 0 saturated carbocycles. The molecule has 4 heteroatoms. The summed E-state index contributed by atoms with van der Waals surface area (Å²) in [5.74, 6) is 0. The van der Waals surface area contributed by atoms with Crippen molar-refractivity contribution < 1.29 is 14.2 Å². The highest BCUT2D eigenvalue weighted by Gasteiger charge is 2.26. The van der Waals surface area contributed by atoms with E-state index in [-0.39, 0.29) is 11.7 Å². The molecule has 4 nitrogen and oxygen atoms in total. The molecular weight excluding hydrogens is 242 g/mol. The number of unbranched alkanes of at least 4 members (excludes halogenated alkanes) is 1. The second-order valence-electron chi connectivity index (χ2n) is 5.66. The summed E-state index contributed by atoms with van der Waals surface area (Å²) in [6.07, 6.45) is 4.66. The summed E-state index contributed by atoms with van der Waals surface area (Å²) in [7, 11) is 0. The van der Waals surface area contributed by atoms with Crippen LogP contribution in [0, 0.1) is 0 Å². The molecule has 1 rings (SSSR count). The van der Waals surface area contributed by atoms with Gasteiger partial charge in [-0.2, -0.15) is 0 Å². The third-order valence-corrected chi connectivity index (χ3v) is 3.59. The van der Waals surface area contributed by atoms with E-state index in [0.717, 1.165) is 39.0 Å². The molecular formula is C15H31NO3. The number of hydrogen-bond donors (Lipinski definition) is 1. The van der Waals surface area contributed by atoms with Crippen molar-refractivity contribution in [3.8, 4) is 0 Å². The van der Waals surface area contributed by atoms with Crippen molar-refractivity contribution in [3.63, 3.8) is 0 Å². The predicted octanol–water partition coefficient (Wildman–Crippen LogP) is 2.37. The first-order chi connectivity index (χ1) is 9.16. The SMILES string of the molecule is CCCCO[C@H](C)COCCOC1(C)CCNCC1. The number of hydrogen-bond acceptors (Lipinski definition) is 4. The monoisotopic (exact) mass is 273 g/mol. The second kappa shape index (κ2) is 9.70. The standard InChI is InChI=1S/C15H31NO3/c1-4-5-10-18-14(2)13-17-11-12-19-15(3)6-8-16-9-7-15/h14,16H,4-13H2,1-3H3/t14-/m1/s1. The van der Waals surface area contributed by atoms with Gasteiger partial charge < -0.3 is 19.5 Å². The molecule has 1 aliphatic heterocycles. The molecule has 1 N–H and O–H groups in total. The van der Waals surface area contributed by atoms with E-state index in [2.05, 4.69) is 26.1 Å². The van der Waals surface area contributed by atoms with Crippen LogP contribution in [-0.4, -0.2) is 51.2 Å². The summed E-state index contributed by atoms with van der Waals surface area (Å²) in [6.45, 7) is 11.4. The van der Waals surface area contributed by atoms with Gasteiger partial charge in [-0.05, 0) is 46.2 Å². The fourth-order valence-electron chi connectivity index (χ4n) is 2.17. The van der Waals surface area contributed by atoms with Crippen LogP contribution in [0.2, 0.25) is 0 Å². The Hall–Kier alpha value is -0.160. The topological polar surface area (TPSA) is 39.7 Å². The van der Waals surface area contributed by atoms with Crippen molar-refractivity contribution in [1.82, 2.24) is 5.32 Å². The van der Waals surface area contributed by atoms with Gasteiger partial charge in [0.1, 0.15) is 0 Å². The molecule has 0 bridgehead atoms. The van der Waals surface area contributed by atoms with Crippen LogP contribution in [-0.2, 0) is 14.2 Å². The van der Waals surface area contributed by atoms with Crippen LogP contribution in [0.4, 0.5) is 0 Å². The van der Waals surface area contributed by atoms with Crippen molar-refractivity contribution in [2.45, 2.75) is 58.2 Å². The minimum Gasteiger partial charge on any atom is -0.376 e. The maximum atomic E-state index is 5.94. The lowest BCUT2D eigenvalue weighted by Crippen LogP contribution is -2.42. The number of rotatable bonds is 10. The smallest absolute Gasteiger partial charge is 0.0780 e. The van der Waals surface area contributed by atoms with Crippen molar-refractivity contribution in [2.75, 3.05) is 39.5 Å². The molecule has 0 aliphatic carbocycles. The highest BCUT2D eigenvalue weighted by atomic mass is 16.6. The Morgan fingerprint density at radius 3 is 2.58 bits per heavy atom. The van der Waals surface area contributed by atoms with E-state index in [1.54, 1.807) is 0 Å². The van der Waals surface area contributed by atoms with Crippen LogP contribution in [0.15, 0.2) is 0 Å². The lowest BCUT2D eigenvalue weighted by Gasteiger charge is -2.34. The van der Waals surface area contributed by atoms with E-state index in [4.69, 9.17) is 14.2 Å². The Balaban J connectivity index is 1.95. The molecule has 0 aromatic carbocycles. The van der Waals surface area contributed by atoms with Crippen LogP contribution in [0.3, 0.4) is 0 Å². The lowest BCUT2D eigenvalue weighted by molar-refractivity contribution is -0.0823. The van der Waals surface area contributed by atoms with Crippen LogP contribution in [0.5, 0.6) is 0 Å². The molecule has 0 radical (unpaired) electrons. The number of nitrogens with one attached hydrogen (secondary N) is 1. The van der Waals surface area contributed by atoms with Gasteiger partial charge in [-0.3, -0.25) is 0 Å². The van der Waals surface area contributed by atoms with E-state index in [0.29, 0.717) is 19.8 Å². The van der Waals surface area contributed by atoms with Gasteiger partial charge in [0.15, 0.2) is 0 Å². The summed E-state index contributed by atoms with van der Waals surface area (Å²) >= 11 is 0. The molecule has 19 heavy (non-hydrogen) atoms. The van der Waals surface area contributed by atoms with Gasteiger partial charge in [0.05, 0.1) is 31.5 Å². The molecule has 1 aliphatic rings. The second-order valence-corrected chi connectivity index (χ2v) is 5.66. The molecule has 114 valence electrons. The van der Waals surface area contributed by atoms with Crippen LogP contribution >= 0.6 is 0 Å². The summed E-state index contributed by atoms with van der Waals surface area (Å²) in [6, 6.07) is 0. The van der Waals surface area contributed by atoms with Crippen molar-refractivity contribution in [1.29, 1.82) is 0 Å². The van der Waals surface area contributed by atoms with Crippen LogP contribution < -0.4 is 5.32 Å². The minimum absolute atomic E-state index is 0.0395. The normalized spacial score (nSPS) is 20.4. The Morgan fingerprint density at radius 2 is 1.89 bits per heavy atom. The number of piperidine rings is 1. The quantitative estimate of drug-likeness (QED) is 0.620. The Kier molecular flexibility index (Phi) is 8.62. The molecule has 1 saturated heterocycles. The maximum absolute atomic E-state index is 5.94. The van der Waals surface area contributed by atoms with Crippen LogP contribution in [0.25, 0.3) is 0 Å². The fourth-order valence-corrected chi connectivity index (χ4v) is 2.17. The van der Waals surface area contributed by atoms with E-state index >= 15 is 0 Å². The van der Waals surface area contributed by atoms with E-state index in [1.165, 1.54) is 6.42 Å². The van der Waals surface area contributed by atoms with Crippen molar-refractivity contribution in [3.05, 3.63) is 0 Å². The molecule has 1 fully saturated rings. The Labute approximate surface area is 118 Å². The lowest BCUT2D eigenvalue weighted by atomic mass is 9.95. The summed E-state index contributed by atoms with van der Waals surface area (Å²) in [5, 5.41) is 3.35. The van der Waals surface area contributed by atoms with Gasteiger partial charge in [0, 0.05) is 6.61 Å². The van der Waals surface area contributed by atoms with E-state index < -0.39 is 0 Å². The Bertz CT molecular complexity index is 217. The summed E-state index contributed by atoms with van der Waals surface area (Å²) < 4.78 is 17.2.